The summed E-state index contributed by atoms with van der Waals surface area (Å²) in [6, 6.07) is 91.2. The minimum absolute atomic E-state index is 0.00588. The predicted octanol–water partition coefficient (Wildman–Crippen LogP) is 20.7. The van der Waals surface area contributed by atoms with Gasteiger partial charge in [-0.3, -0.25) is 0 Å². The van der Waals surface area contributed by atoms with E-state index >= 15 is 0 Å². The second-order valence-electron chi connectivity index (χ2n) is 26.6. The molecule has 0 fully saturated rings. The topological polar surface area (TPSA) is 3.24 Å². The maximum atomic E-state index is 2.56. The van der Waals surface area contributed by atoms with Gasteiger partial charge in [-0.05, 0) is 147 Å². The van der Waals surface area contributed by atoms with Crippen LogP contribution in [0.1, 0.15) is 150 Å². The summed E-state index contributed by atoms with van der Waals surface area (Å²) in [6.45, 7) is 27.7. The van der Waals surface area contributed by atoms with Gasteiger partial charge in [-0.1, -0.05) is 289 Å². The summed E-state index contributed by atoms with van der Waals surface area (Å²) in [5.74, 6) is 0. The first kappa shape index (κ1) is 51.7. The average molecular weight is 1030 g/mol. The Morgan fingerprint density at radius 3 is 0.886 bits per heavy atom. The van der Waals surface area contributed by atoms with Crippen LogP contribution in [0, 0.1) is 0 Å². The first-order valence-electron chi connectivity index (χ1n) is 28.6. The molecule has 0 saturated carbocycles. The van der Waals surface area contributed by atoms with E-state index < -0.39 is 10.8 Å². The molecule has 12 rings (SSSR count). The first-order chi connectivity index (χ1) is 37.7. The van der Waals surface area contributed by atoms with E-state index in [2.05, 4.69) is 325 Å². The zero-order valence-corrected chi connectivity index (χ0v) is 48.5. The van der Waals surface area contributed by atoms with E-state index in [-0.39, 0.29) is 21.7 Å². The fourth-order valence-corrected chi connectivity index (χ4v) is 13.2. The van der Waals surface area contributed by atoms with Gasteiger partial charge >= 0.3 is 0 Å². The molecule has 0 amide bonds. The van der Waals surface area contributed by atoms with Crippen molar-refractivity contribution < 1.29 is 0 Å². The van der Waals surface area contributed by atoms with Crippen LogP contribution in [-0.4, -0.2) is 0 Å². The number of hydrogen-bond acceptors (Lipinski definition) is 1. The Labute approximate surface area is 471 Å². The standard InChI is InChI=1S/C78H75N/c1-73(2,3)53-30-38-57(39-31-53)77(58-40-32-54(33-41-58)74(4,5)6)68-27-19-16-25-64(68)66-48-46-61(50-70(66)77)79(72-29-21-18-24-63(72)52-22-14-13-15-23-52)62-47-49-67-65-26-17-20-28-69(65)78(71(67)51-62,59-42-34-55(35-43-59)75(7,8)9)60-44-36-56(37-45-60)76(10,11)12/h13-51H,1-12H3. The molecule has 0 heterocycles. The summed E-state index contributed by atoms with van der Waals surface area (Å²) in [5, 5.41) is 0. The van der Waals surface area contributed by atoms with E-state index in [0.29, 0.717) is 0 Å². The molecule has 392 valence electrons. The maximum Gasteiger partial charge on any atom is 0.0714 e. The van der Waals surface area contributed by atoms with Gasteiger partial charge in [0.1, 0.15) is 0 Å². The highest BCUT2D eigenvalue weighted by Gasteiger charge is 2.49. The van der Waals surface area contributed by atoms with E-state index in [1.807, 2.05) is 0 Å². The molecule has 1 heteroatoms. The minimum Gasteiger partial charge on any atom is -0.310 e. The van der Waals surface area contributed by atoms with E-state index in [4.69, 9.17) is 0 Å². The highest BCUT2D eigenvalue weighted by atomic mass is 15.1. The molecule has 2 aliphatic rings. The lowest BCUT2D eigenvalue weighted by molar-refractivity contribution is 0.588. The minimum atomic E-state index is -0.619. The summed E-state index contributed by atoms with van der Waals surface area (Å²) >= 11 is 0. The van der Waals surface area contributed by atoms with Crippen LogP contribution in [0.15, 0.2) is 237 Å². The van der Waals surface area contributed by atoms with E-state index in [1.165, 1.54) is 100 Å². The number of fused-ring (bicyclic) bond motifs is 6. The molecule has 79 heavy (non-hydrogen) atoms. The molecule has 0 bridgehead atoms. The second kappa shape index (κ2) is 18.8. The molecular formula is C78H75N. The van der Waals surface area contributed by atoms with Gasteiger partial charge in [-0.15, -0.1) is 0 Å². The Morgan fingerprint density at radius 1 is 0.253 bits per heavy atom. The van der Waals surface area contributed by atoms with Crippen molar-refractivity contribution in [2.75, 3.05) is 4.90 Å². The Kier molecular flexibility index (Phi) is 12.3. The smallest absolute Gasteiger partial charge is 0.0714 e. The zero-order valence-electron chi connectivity index (χ0n) is 48.5. The summed E-state index contributed by atoms with van der Waals surface area (Å²) in [5.41, 5.74) is 25.0. The van der Waals surface area contributed by atoms with Gasteiger partial charge in [0, 0.05) is 16.9 Å². The van der Waals surface area contributed by atoms with Gasteiger partial charge in [0.15, 0.2) is 0 Å². The number of benzene rings is 10. The molecule has 0 unspecified atom stereocenters. The molecule has 10 aromatic carbocycles. The molecule has 0 saturated heterocycles. The Bertz CT molecular complexity index is 3550. The van der Waals surface area contributed by atoms with E-state index in [0.717, 1.165) is 17.1 Å². The molecule has 1 nitrogen and oxygen atoms in total. The van der Waals surface area contributed by atoms with Gasteiger partial charge < -0.3 is 4.90 Å². The molecule has 2 aliphatic carbocycles. The van der Waals surface area contributed by atoms with Crippen molar-refractivity contribution >= 4 is 17.1 Å². The SMILES string of the molecule is CC(C)(C)c1ccc(C2(c3ccc(C(C)(C)C)cc3)c3ccccc3-c3ccc(N(c4ccc5c(c4)C(c4ccc(C(C)(C)C)cc4)(c4ccc(C(C)(C)C)cc4)c4ccccc4-5)c4ccccc4-c4ccccc4)cc32)cc1. The number of para-hydroxylation sites is 1. The van der Waals surface area contributed by atoms with Crippen molar-refractivity contribution in [2.45, 2.75) is 116 Å². The Balaban J connectivity index is 1.16. The fraction of sp³-hybridized carbons (Fsp3) is 0.231. The summed E-state index contributed by atoms with van der Waals surface area (Å²) in [6.07, 6.45) is 0. The van der Waals surface area contributed by atoms with Gasteiger partial charge in [-0.2, -0.15) is 0 Å². The molecule has 0 N–H and O–H groups in total. The number of rotatable bonds is 8. The predicted molar refractivity (Wildman–Crippen MR) is 336 cm³/mol. The Hall–Kier alpha value is -8.00. The van der Waals surface area contributed by atoms with Crippen LogP contribution in [-0.2, 0) is 32.5 Å². The van der Waals surface area contributed by atoms with Gasteiger partial charge in [-0.25, -0.2) is 0 Å². The van der Waals surface area contributed by atoms with E-state index in [1.54, 1.807) is 0 Å². The monoisotopic (exact) mass is 1030 g/mol. The van der Waals surface area contributed by atoms with Crippen LogP contribution in [0.3, 0.4) is 0 Å². The quantitative estimate of drug-likeness (QED) is 0.147. The molecule has 0 spiro atoms. The average Bonchev–Trinajstić information content (AvgIpc) is 3.24. The van der Waals surface area contributed by atoms with Crippen LogP contribution >= 0.6 is 0 Å². The molecule has 0 radical (unpaired) electrons. The summed E-state index contributed by atoms with van der Waals surface area (Å²) in [7, 11) is 0. The lowest BCUT2D eigenvalue weighted by Gasteiger charge is -2.37. The molecule has 10 aromatic rings. The second-order valence-corrected chi connectivity index (χ2v) is 26.6. The van der Waals surface area contributed by atoms with Gasteiger partial charge in [0.05, 0.1) is 16.5 Å². The van der Waals surface area contributed by atoms with Crippen molar-refractivity contribution in [1.29, 1.82) is 0 Å². The number of nitrogens with zero attached hydrogens (tertiary/aromatic N) is 1. The van der Waals surface area contributed by atoms with Gasteiger partial charge in [0.2, 0.25) is 0 Å². The fourth-order valence-electron chi connectivity index (χ4n) is 13.2. The van der Waals surface area contributed by atoms with Crippen molar-refractivity contribution in [3.05, 3.63) is 303 Å². The molecule has 0 aliphatic heterocycles. The molecular weight excluding hydrogens is 951 g/mol. The maximum absolute atomic E-state index is 2.56. The van der Waals surface area contributed by atoms with Crippen molar-refractivity contribution in [3.8, 4) is 33.4 Å². The Morgan fingerprint density at radius 2 is 0.544 bits per heavy atom. The lowest BCUT2D eigenvalue weighted by atomic mass is 9.66. The van der Waals surface area contributed by atoms with Crippen LogP contribution in [0.5, 0.6) is 0 Å². The van der Waals surface area contributed by atoms with Crippen LogP contribution in [0.25, 0.3) is 33.4 Å². The van der Waals surface area contributed by atoms with Crippen molar-refractivity contribution in [1.82, 2.24) is 0 Å². The van der Waals surface area contributed by atoms with Crippen molar-refractivity contribution in [2.24, 2.45) is 0 Å². The van der Waals surface area contributed by atoms with E-state index in [9.17, 15) is 0 Å². The number of anilines is 3. The van der Waals surface area contributed by atoms with Crippen molar-refractivity contribution in [3.63, 3.8) is 0 Å². The van der Waals surface area contributed by atoms with Crippen LogP contribution < -0.4 is 4.90 Å². The molecule has 0 aromatic heterocycles. The molecule has 0 atom stereocenters. The lowest BCUT2D eigenvalue weighted by Crippen LogP contribution is -2.30. The zero-order chi connectivity index (χ0) is 55.3. The third kappa shape index (κ3) is 8.51. The number of hydrogen-bond donors (Lipinski definition) is 0. The van der Waals surface area contributed by atoms with Gasteiger partial charge in [0.25, 0.3) is 0 Å². The largest absolute Gasteiger partial charge is 0.310 e. The third-order valence-electron chi connectivity index (χ3n) is 17.5. The van der Waals surface area contributed by atoms with Crippen LogP contribution in [0.4, 0.5) is 17.1 Å². The summed E-state index contributed by atoms with van der Waals surface area (Å²) < 4.78 is 0. The normalized spacial score (nSPS) is 14.3. The highest BCUT2D eigenvalue weighted by molar-refractivity contribution is 5.95. The first-order valence-corrected chi connectivity index (χ1v) is 28.6. The summed E-state index contributed by atoms with van der Waals surface area (Å²) in [4.78, 5) is 2.56. The highest BCUT2D eigenvalue weighted by Crippen LogP contribution is 2.60. The van der Waals surface area contributed by atoms with Crippen LogP contribution in [0.2, 0.25) is 0 Å². The third-order valence-corrected chi connectivity index (χ3v) is 17.5.